The summed E-state index contributed by atoms with van der Waals surface area (Å²) in [6.45, 7) is 0.0281. The van der Waals surface area contributed by atoms with E-state index in [1.165, 1.54) is 0 Å². The molecule has 3 rings (SSSR count). The first-order chi connectivity index (χ1) is 8.40. The summed E-state index contributed by atoms with van der Waals surface area (Å²) in [6.07, 6.45) is -0.249. The number of hydrogen-bond acceptors (Lipinski definition) is 2. The number of ether oxygens (including phenoxy) is 1. The molecule has 0 aromatic heterocycles. The molecule has 1 heterocycles. The third kappa shape index (κ3) is 1.75. The lowest BCUT2D eigenvalue weighted by Gasteiger charge is -2.13. The summed E-state index contributed by atoms with van der Waals surface area (Å²) in [5, 5.41) is 9.35. The molecule has 1 aliphatic heterocycles. The van der Waals surface area contributed by atoms with Gasteiger partial charge in [-0.2, -0.15) is 0 Å². The molecule has 0 bridgehead atoms. The van der Waals surface area contributed by atoms with Gasteiger partial charge in [0.05, 0.1) is 6.61 Å². The van der Waals surface area contributed by atoms with Gasteiger partial charge in [0.2, 0.25) is 0 Å². The van der Waals surface area contributed by atoms with Crippen LogP contribution in [-0.4, -0.2) is 11.7 Å². The van der Waals surface area contributed by atoms with Gasteiger partial charge in [0, 0.05) is 0 Å². The van der Waals surface area contributed by atoms with Crippen LogP contribution in [0.4, 0.5) is 0 Å². The van der Waals surface area contributed by atoms with Crippen LogP contribution < -0.4 is 0 Å². The SMILES string of the molecule is OC[C@H]1O[C@H](c2ccccc2)c2ccccc21. The van der Waals surface area contributed by atoms with Crippen LogP contribution >= 0.6 is 0 Å². The molecule has 86 valence electrons. The highest BCUT2D eigenvalue weighted by Gasteiger charge is 2.31. The number of benzene rings is 2. The fourth-order valence-corrected chi connectivity index (χ4v) is 2.38. The highest BCUT2D eigenvalue weighted by Crippen LogP contribution is 2.42. The molecule has 2 heteroatoms. The van der Waals surface area contributed by atoms with Crippen LogP contribution in [-0.2, 0) is 4.74 Å². The molecule has 2 aromatic rings. The number of rotatable bonds is 2. The molecule has 0 unspecified atom stereocenters. The normalized spacial score (nSPS) is 22.4. The van der Waals surface area contributed by atoms with Crippen molar-refractivity contribution < 1.29 is 9.84 Å². The van der Waals surface area contributed by atoms with Crippen LogP contribution in [0.2, 0.25) is 0 Å². The Bertz CT molecular complexity index is 507. The molecule has 2 aromatic carbocycles. The Labute approximate surface area is 100 Å². The van der Waals surface area contributed by atoms with Crippen molar-refractivity contribution in [3.8, 4) is 0 Å². The van der Waals surface area contributed by atoms with Crippen molar-refractivity contribution in [1.82, 2.24) is 0 Å². The zero-order chi connectivity index (χ0) is 11.7. The second-order valence-electron chi connectivity index (χ2n) is 4.23. The van der Waals surface area contributed by atoms with Crippen LogP contribution in [0.5, 0.6) is 0 Å². The molecule has 17 heavy (non-hydrogen) atoms. The summed E-state index contributed by atoms with van der Waals surface area (Å²) < 4.78 is 5.92. The smallest absolute Gasteiger partial charge is 0.109 e. The molecule has 0 fully saturated rings. The van der Waals surface area contributed by atoms with E-state index >= 15 is 0 Å². The molecule has 1 aliphatic rings. The maximum absolute atomic E-state index is 9.35. The Balaban J connectivity index is 2.05. The van der Waals surface area contributed by atoms with E-state index in [1.807, 2.05) is 36.4 Å². The van der Waals surface area contributed by atoms with Crippen LogP contribution in [0.25, 0.3) is 0 Å². The number of aliphatic hydroxyl groups is 1. The summed E-state index contributed by atoms with van der Waals surface area (Å²) in [6, 6.07) is 18.2. The highest BCUT2D eigenvalue weighted by molar-refractivity contribution is 5.40. The predicted octanol–water partition coefficient (Wildman–Crippen LogP) is 2.84. The van der Waals surface area contributed by atoms with Crippen molar-refractivity contribution >= 4 is 0 Å². The molecule has 0 radical (unpaired) electrons. The van der Waals surface area contributed by atoms with Gasteiger partial charge in [0.15, 0.2) is 0 Å². The van der Waals surface area contributed by atoms with Crippen molar-refractivity contribution in [2.75, 3.05) is 6.61 Å². The molecule has 0 amide bonds. The largest absolute Gasteiger partial charge is 0.393 e. The fourth-order valence-electron chi connectivity index (χ4n) is 2.38. The van der Waals surface area contributed by atoms with Gasteiger partial charge in [-0.05, 0) is 16.7 Å². The van der Waals surface area contributed by atoms with E-state index in [0.717, 1.165) is 16.7 Å². The van der Waals surface area contributed by atoms with E-state index in [9.17, 15) is 5.11 Å². The fraction of sp³-hybridized carbons (Fsp3) is 0.200. The first-order valence-electron chi connectivity index (χ1n) is 5.80. The minimum Gasteiger partial charge on any atom is -0.393 e. The van der Waals surface area contributed by atoms with Crippen molar-refractivity contribution in [3.63, 3.8) is 0 Å². The van der Waals surface area contributed by atoms with Crippen molar-refractivity contribution in [1.29, 1.82) is 0 Å². The summed E-state index contributed by atoms with van der Waals surface area (Å²) in [5.74, 6) is 0. The van der Waals surface area contributed by atoms with Crippen molar-refractivity contribution in [2.24, 2.45) is 0 Å². The van der Waals surface area contributed by atoms with E-state index in [4.69, 9.17) is 4.74 Å². The van der Waals surface area contributed by atoms with Gasteiger partial charge in [0.1, 0.15) is 12.2 Å². The van der Waals surface area contributed by atoms with Crippen LogP contribution in [0.15, 0.2) is 54.6 Å². The monoisotopic (exact) mass is 226 g/mol. The van der Waals surface area contributed by atoms with Crippen LogP contribution in [0.3, 0.4) is 0 Å². The topological polar surface area (TPSA) is 29.5 Å². The van der Waals surface area contributed by atoms with Gasteiger partial charge in [0.25, 0.3) is 0 Å². The number of aliphatic hydroxyl groups excluding tert-OH is 1. The molecule has 0 spiro atoms. The summed E-state index contributed by atoms with van der Waals surface area (Å²) in [7, 11) is 0. The lowest BCUT2D eigenvalue weighted by Crippen LogP contribution is -2.03. The van der Waals surface area contributed by atoms with E-state index in [1.54, 1.807) is 0 Å². The number of hydrogen-bond donors (Lipinski definition) is 1. The molecular weight excluding hydrogens is 212 g/mol. The molecule has 2 atom stereocenters. The lowest BCUT2D eigenvalue weighted by atomic mass is 9.98. The Hall–Kier alpha value is -1.64. The van der Waals surface area contributed by atoms with Gasteiger partial charge in [-0.15, -0.1) is 0 Å². The number of fused-ring (bicyclic) bond motifs is 1. The standard InChI is InChI=1S/C15H14O2/c16-10-14-12-8-4-5-9-13(12)15(17-14)11-6-2-1-3-7-11/h1-9,14-16H,10H2/t14-,15-/m1/s1. The molecule has 0 saturated heterocycles. The second kappa shape index (κ2) is 4.32. The van der Waals surface area contributed by atoms with E-state index < -0.39 is 0 Å². The van der Waals surface area contributed by atoms with Gasteiger partial charge in [-0.1, -0.05) is 54.6 Å². The highest BCUT2D eigenvalue weighted by atomic mass is 16.5. The van der Waals surface area contributed by atoms with E-state index in [2.05, 4.69) is 18.2 Å². The van der Waals surface area contributed by atoms with Crippen LogP contribution in [0, 0.1) is 0 Å². The lowest BCUT2D eigenvalue weighted by molar-refractivity contribution is -0.00131. The Morgan fingerprint density at radius 2 is 1.53 bits per heavy atom. The Morgan fingerprint density at radius 3 is 2.24 bits per heavy atom. The summed E-state index contributed by atoms with van der Waals surface area (Å²) in [4.78, 5) is 0. The van der Waals surface area contributed by atoms with Crippen LogP contribution in [0.1, 0.15) is 28.9 Å². The van der Waals surface area contributed by atoms with Crippen molar-refractivity contribution in [2.45, 2.75) is 12.2 Å². The first kappa shape index (κ1) is 10.5. The average molecular weight is 226 g/mol. The van der Waals surface area contributed by atoms with E-state index in [0.29, 0.717) is 0 Å². The van der Waals surface area contributed by atoms with Crippen molar-refractivity contribution in [3.05, 3.63) is 71.3 Å². The minimum atomic E-state index is -0.198. The van der Waals surface area contributed by atoms with Gasteiger partial charge >= 0.3 is 0 Å². The first-order valence-corrected chi connectivity index (χ1v) is 5.80. The average Bonchev–Trinajstić information content (AvgIpc) is 2.78. The minimum absolute atomic E-state index is 0.0281. The zero-order valence-electron chi connectivity index (χ0n) is 9.41. The Kier molecular flexibility index (Phi) is 2.67. The molecule has 0 saturated carbocycles. The van der Waals surface area contributed by atoms with Gasteiger partial charge in [-0.25, -0.2) is 0 Å². The van der Waals surface area contributed by atoms with Gasteiger partial charge < -0.3 is 9.84 Å². The third-order valence-electron chi connectivity index (χ3n) is 3.19. The third-order valence-corrected chi connectivity index (χ3v) is 3.19. The van der Waals surface area contributed by atoms with Gasteiger partial charge in [-0.3, -0.25) is 0 Å². The molecule has 0 aliphatic carbocycles. The molecule has 2 nitrogen and oxygen atoms in total. The summed E-state index contributed by atoms with van der Waals surface area (Å²) in [5.41, 5.74) is 3.40. The van der Waals surface area contributed by atoms with E-state index in [-0.39, 0.29) is 18.8 Å². The molecule has 1 N–H and O–H groups in total. The zero-order valence-corrected chi connectivity index (χ0v) is 9.41. The predicted molar refractivity (Wildman–Crippen MR) is 65.6 cm³/mol. The maximum atomic E-state index is 9.35. The Morgan fingerprint density at radius 1 is 0.882 bits per heavy atom. The quantitative estimate of drug-likeness (QED) is 0.853. The maximum Gasteiger partial charge on any atom is 0.109 e. The second-order valence-corrected chi connectivity index (χ2v) is 4.23. The summed E-state index contributed by atoms with van der Waals surface area (Å²) >= 11 is 0. The molecular formula is C15H14O2.